The normalized spacial score (nSPS) is 13.1. The Labute approximate surface area is 165 Å². The first-order valence-electron chi connectivity index (χ1n) is 8.14. The van der Waals surface area contributed by atoms with Gasteiger partial charge in [0.15, 0.2) is 0 Å². The van der Waals surface area contributed by atoms with E-state index in [1.165, 1.54) is 24.5 Å². The molecule has 0 radical (unpaired) electrons. The van der Waals surface area contributed by atoms with Crippen molar-refractivity contribution in [2.75, 3.05) is 19.0 Å². The van der Waals surface area contributed by atoms with Crippen LogP contribution in [0.2, 0.25) is 5.02 Å². The van der Waals surface area contributed by atoms with Gasteiger partial charge in [-0.1, -0.05) is 29.8 Å². The van der Waals surface area contributed by atoms with Crippen molar-refractivity contribution in [3.05, 3.63) is 56.9 Å². The molecule has 1 aliphatic heterocycles. The minimum absolute atomic E-state index is 0.352. The van der Waals surface area contributed by atoms with Gasteiger partial charge in [0.2, 0.25) is 5.91 Å². The van der Waals surface area contributed by atoms with Gasteiger partial charge >= 0.3 is 6.09 Å². The molecule has 138 valence electrons. The van der Waals surface area contributed by atoms with Crippen LogP contribution < -0.4 is 5.32 Å². The zero-order valence-corrected chi connectivity index (χ0v) is 16.1. The highest BCUT2D eigenvalue weighted by Gasteiger charge is 2.27. The summed E-state index contributed by atoms with van der Waals surface area (Å²) in [6, 6.07) is 9.36. The number of nitrogens with zero attached hydrogens (tertiary/aromatic N) is 2. The molecule has 0 saturated carbocycles. The van der Waals surface area contributed by atoms with Crippen molar-refractivity contribution in [2.24, 2.45) is 0 Å². The number of hydrogen-bond donors (Lipinski definition) is 1. The lowest BCUT2D eigenvalue weighted by molar-refractivity contribution is -0.111. The minimum Gasteiger partial charge on any atom is -0.453 e. The number of amides is 2. The van der Waals surface area contributed by atoms with Crippen molar-refractivity contribution in [1.29, 1.82) is 5.26 Å². The van der Waals surface area contributed by atoms with E-state index in [0.717, 1.165) is 16.0 Å². The lowest BCUT2D eigenvalue weighted by Gasteiger charge is -2.25. The number of carbonyl (C=O) groups excluding carboxylic acids is 2. The molecular weight excluding hydrogens is 386 g/mol. The highest BCUT2D eigenvalue weighted by atomic mass is 35.5. The predicted molar refractivity (Wildman–Crippen MR) is 105 cm³/mol. The number of hydrogen-bond acceptors (Lipinski definition) is 5. The summed E-state index contributed by atoms with van der Waals surface area (Å²) in [5.74, 6) is -0.352. The van der Waals surface area contributed by atoms with Crippen LogP contribution in [0.5, 0.6) is 0 Å². The molecule has 3 rings (SSSR count). The van der Waals surface area contributed by atoms with E-state index < -0.39 is 6.09 Å². The molecule has 0 saturated heterocycles. The maximum absolute atomic E-state index is 12.3. The molecule has 1 aromatic carbocycles. The Morgan fingerprint density at radius 1 is 1.41 bits per heavy atom. The van der Waals surface area contributed by atoms with Crippen molar-refractivity contribution in [1.82, 2.24) is 4.90 Å². The number of nitriles is 1. The van der Waals surface area contributed by atoms with E-state index in [1.807, 2.05) is 12.1 Å². The number of rotatable bonds is 3. The summed E-state index contributed by atoms with van der Waals surface area (Å²) in [6.07, 6.45) is 3.15. The number of ether oxygens (including phenoxy) is 1. The molecule has 0 bridgehead atoms. The molecule has 1 aromatic heterocycles. The standard InChI is InChI=1S/C19H16ClN3O3S/c1-26-19(25)23-9-8-13-14(10-21)18(27-16(13)11-23)22-17(24)7-6-12-4-2-3-5-15(12)20/h2-7H,8-9,11H2,1H3,(H,22,24)/b7-6+. The summed E-state index contributed by atoms with van der Waals surface area (Å²) in [4.78, 5) is 26.4. The largest absolute Gasteiger partial charge is 0.453 e. The number of carbonyl (C=O) groups is 2. The molecule has 2 amide bonds. The molecule has 1 N–H and O–H groups in total. The van der Waals surface area contributed by atoms with Crippen molar-refractivity contribution in [2.45, 2.75) is 13.0 Å². The second kappa shape index (κ2) is 8.25. The number of thiophene rings is 1. The Morgan fingerprint density at radius 3 is 2.89 bits per heavy atom. The monoisotopic (exact) mass is 401 g/mol. The van der Waals surface area contributed by atoms with E-state index in [-0.39, 0.29) is 5.91 Å². The number of methoxy groups -OCH3 is 1. The van der Waals surface area contributed by atoms with E-state index in [9.17, 15) is 14.9 Å². The Hall–Kier alpha value is -2.82. The highest BCUT2D eigenvalue weighted by Crippen LogP contribution is 2.36. The first kappa shape index (κ1) is 19.0. The third-order valence-corrected chi connectivity index (χ3v) is 5.63. The molecule has 8 heteroatoms. The van der Waals surface area contributed by atoms with Gasteiger partial charge < -0.3 is 15.0 Å². The number of halogens is 1. The average molecular weight is 402 g/mol. The fourth-order valence-corrected chi connectivity index (χ4v) is 4.24. The Morgan fingerprint density at radius 2 is 2.19 bits per heavy atom. The molecule has 1 aliphatic rings. The van der Waals surface area contributed by atoms with Crippen molar-refractivity contribution < 1.29 is 14.3 Å². The molecular formula is C19H16ClN3O3S. The summed E-state index contributed by atoms with van der Waals surface area (Å²) < 4.78 is 4.75. The SMILES string of the molecule is COC(=O)N1CCc2c(sc(NC(=O)/C=C/c3ccccc3Cl)c2C#N)C1. The van der Waals surface area contributed by atoms with Crippen molar-refractivity contribution in [3.63, 3.8) is 0 Å². The molecule has 0 fully saturated rings. The van der Waals surface area contributed by atoms with Gasteiger partial charge in [-0.05, 0) is 29.7 Å². The molecule has 0 spiro atoms. The zero-order chi connectivity index (χ0) is 19.4. The topological polar surface area (TPSA) is 82.4 Å². The smallest absolute Gasteiger partial charge is 0.409 e. The van der Waals surface area contributed by atoms with Crippen LogP contribution in [0.3, 0.4) is 0 Å². The summed E-state index contributed by atoms with van der Waals surface area (Å²) in [7, 11) is 1.34. The van der Waals surface area contributed by atoms with Crippen LogP contribution >= 0.6 is 22.9 Å². The predicted octanol–water partition coefficient (Wildman–Crippen LogP) is 4.05. The summed E-state index contributed by atoms with van der Waals surface area (Å²) in [5.41, 5.74) is 2.07. The van der Waals surface area contributed by atoms with Gasteiger partial charge in [-0.3, -0.25) is 4.79 Å². The zero-order valence-electron chi connectivity index (χ0n) is 14.5. The third-order valence-electron chi connectivity index (χ3n) is 4.16. The van der Waals surface area contributed by atoms with Crippen molar-refractivity contribution in [3.8, 4) is 6.07 Å². The van der Waals surface area contributed by atoms with Crippen LogP contribution in [0.15, 0.2) is 30.3 Å². The van der Waals surface area contributed by atoms with E-state index in [1.54, 1.807) is 23.1 Å². The van der Waals surface area contributed by atoms with Crippen LogP contribution in [0.25, 0.3) is 6.08 Å². The van der Waals surface area contributed by atoms with Crippen LogP contribution in [0, 0.1) is 11.3 Å². The summed E-state index contributed by atoms with van der Waals surface area (Å²) >= 11 is 7.38. The maximum atomic E-state index is 12.3. The quantitative estimate of drug-likeness (QED) is 0.786. The third kappa shape index (κ3) is 4.13. The lowest BCUT2D eigenvalue weighted by atomic mass is 10.0. The highest BCUT2D eigenvalue weighted by molar-refractivity contribution is 7.16. The van der Waals surface area contributed by atoms with Gasteiger partial charge in [0.25, 0.3) is 0 Å². The number of nitrogens with one attached hydrogen (secondary N) is 1. The molecule has 0 atom stereocenters. The Bertz CT molecular complexity index is 962. The van der Waals surface area contributed by atoms with Gasteiger partial charge in [0.05, 0.1) is 19.2 Å². The van der Waals surface area contributed by atoms with E-state index in [2.05, 4.69) is 11.4 Å². The molecule has 0 aliphatic carbocycles. The van der Waals surface area contributed by atoms with Crippen LogP contribution in [0.1, 0.15) is 21.6 Å². The molecule has 2 heterocycles. The lowest BCUT2D eigenvalue weighted by Crippen LogP contribution is -2.35. The second-order valence-electron chi connectivity index (χ2n) is 5.81. The van der Waals surface area contributed by atoms with E-state index in [4.69, 9.17) is 16.3 Å². The first-order chi connectivity index (χ1) is 13.0. The van der Waals surface area contributed by atoms with Gasteiger partial charge in [0, 0.05) is 22.5 Å². The summed E-state index contributed by atoms with van der Waals surface area (Å²) in [5, 5.41) is 13.3. The first-order valence-corrected chi connectivity index (χ1v) is 9.34. The number of anilines is 1. The van der Waals surface area contributed by atoms with Gasteiger partial charge in [-0.2, -0.15) is 5.26 Å². The van der Waals surface area contributed by atoms with Gasteiger partial charge in [0.1, 0.15) is 11.1 Å². The van der Waals surface area contributed by atoms with Crippen LogP contribution in [-0.4, -0.2) is 30.6 Å². The van der Waals surface area contributed by atoms with Crippen LogP contribution in [-0.2, 0) is 22.5 Å². The van der Waals surface area contributed by atoms with Gasteiger partial charge in [-0.15, -0.1) is 11.3 Å². The average Bonchev–Trinajstić information content (AvgIpc) is 3.02. The Balaban J connectivity index is 1.77. The molecule has 6 nitrogen and oxygen atoms in total. The maximum Gasteiger partial charge on any atom is 0.409 e. The van der Waals surface area contributed by atoms with Gasteiger partial charge in [-0.25, -0.2) is 4.79 Å². The second-order valence-corrected chi connectivity index (χ2v) is 7.32. The number of benzene rings is 1. The van der Waals surface area contributed by atoms with Crippen LogP contribution in [0.4, 0.5) is 9.80 Å². The van der Waals surface area contributed by atoms with Crippen molar-refractivity contribution >= 4 is 46.0 Å². The molecule has 2 aromatic rings. The minimum atomic E-state index is -0.402. The fourth-order valence-electron chi connectivity index (χ4n) is 2.82. The number of fused-ring (bicyclic) bond motifs is 1. The molecule has 0 unspecified atom stereocenters. The van der Waals surface area contributed by atoms with E-state index in [0.29, 0.717) is 35.1 Å². The Kier molecular flexibility index (Phi) is 5.79. The fraction of sp³-hybridized carbons (Fsp3) is 0.211. The summed E-state index contributed by atoms with van der Waals surface area (Å²) in [6.45, 7) is 0.845. The van der Waals surface area contributed by atoms with E-state index >= 15 is 0 Å². The molecule has 27 heavy (non-hydrogen) atoms.